The van der Waals surface area contributed by atoms with Gasteiger partial charge < -0.3 is 14.4 Å². The Labute approximate surface area is 157 Å². The van der Waals surface area contributed by atoms with E-state index < -0.39 is 0 Å². The van der Waals surface area contributed by atoms with Crippen LogP contribution in [0.25, 0.3) is 0 Å². The van der Waals surface area contributed by atoms with Gasteiger partial charge in [-0.2, -0.15) is 0 Å². The van der Waals surface area contributed by atoms with Crippen molar-refractivity contribution in [2.75, 3.05) is 19.7 Å². The van der Waals surface area contributed by atoms with E-state index in [1.54, 1.807) is 36.1 Å². The third-order valence-electron chi connectivity index (χ3n) is 4.48. The van der Waals surface area contributed by atoms with Gasteiger partial charge in [0, 0.05) is 18.7 Å². The van der Waals surface area contributed by atoms with Crippen LogP contribution in [-0.4, -0.2) is 36.5 Å². The molecular weight excluding hydrogens is 349 g/mol. The molecule has 3 rings (SSSR count). The minimum atomic E-state index is -0.328. The van der Waals surface area contributed by atoms with Crippen molar-refractivity contribution in [2.45, 2.75) is 19.8 Å². The van der Waals surface area contributed by atoms with E-state index in [1.807, 2.05) is 0 Å². The summed E-state index contributed by atoms with van der Waals surface area (Å²) in [6.07, 6.45) is 1.52. The Morgan fingerprint density at radius 1 is 1.07 bits per heavy atom. The second-order valence-corrected chi connectivity index (χ2v) is 6.42. The van der Waals surface area contributed by atoms with E-state index in [9.17, 15) is 14.0 Å². The van der Waals surface area contributed by atoms with Crippen molar-refractivity contribution in [1.29, 1.82) is 0 Å². The summed E-state index contributed by atoms with van der Waals surface area (Å²) in [4.78, 5) is 26.4. The van der Waals surface area contributed by atoms with E-state index in [-0.39, 0.29) is 23.6 Å². The van der Waals surface area contributed by atoms with Gasteiger partial charge in [-0.25, -0.2) is 4.39 Å². The smallest absolute Gasteiger partial charge is 0.310 e. The van der Waals surface area contributed by atoms with Gasteiger partial charge in [0.25, 0.3) is 5.91 Å². The molecule has 1 aliphatic heterocycles. The maximum atomic E-state index is 12.9. The van der Waals surface area contributed by atoms with Gasteiger partial charge in [-0.3, -0.25) is 9.59 Å². The fourth-order valence-electron chi connectivity index (χ4n) is 3.10. The van der Waals surface area contributed by atoms with Crippen LogP contribution in [0.2, 0.25) is 0 Å². The molecule has 1 aliphatic rings. The number of halogens is 1. The number of esters is 1. The zero-order valence-corrected chi connectivity index (χ0v) is 15.2. The molecule has 2 aromatic carbocycles. The number of ether oxygens (including phenoxy) is 2. The molecule has 1 atom stereocenters. The van der Waals surface area contributed by atoms with Crippen LogP contribution in [0.15, 0.2) is 48.5 Å². The van der Waals surface area contributed by atoms with Crippen molar-refractivity contribution in [3.8, 4) is 11.5 Å². The molecule has 5 nitrogen and oxygen atoms in total. The maximum Gasteiger partial charge on any atom is 0.310 e. The number of nitrogens with zero attached hydrogens (tertiary/aromatic N) is 1. The lowest BCUT2D eigenvalue weighted by Crippen LogP contribution is -2.42. The highest BCUT2D eigenvalue weighted by molar-refractivity contribution is 5.94. The van der Waals surface area contributed by atoms with E-state index >= 15 is 0 Å². The third kappa shape index (κ3) is 4.84. The number of piperidine rings is 1. The molecular formula is C21H22FNO4. The number of amides is 1. The first-order valence-corrected chi connectivity index (χ1v) is 9.06. The quantitative estimate of drug-likeness (QED) is 0.745. The van der Waals surface area contributed by atoms with E-state index in [4.69, 9.17) is 9.47 Å². The zero-order valence-electron chi connectivity index (χ0n) is 15.2. The molecule has 1 saturated heterocycles. The average molecular weight is 371 g/mol. The standard InChI is InChI=1S/C21H22FNO4/c1-2-26-21(25)16-4-3-13-23(14-16)20(24)15-5-9-18(10-6-15)27-19-11-7-17(22)8-12-19/h5-12,16H,2-4,13-14H2,1H3/t16-/m1/s1. The first-order chi connectivity index (χ1) is 13.1. The largest absolute Gasteiger partial charge is 0.466 e. The second-order valence-electron chi connectivity index (χ2n) is 6.42. The Bertz CT molecular complexity index is 789. The van der Waals surface area contributed by atoms with Crippen molar-refractivity contribution in [1.82, 2.24) is 4.90 Å². The molecule has 0 N–H and O–H groups in total. The minimum Gasteiger partial charge on any atom is -0.466 e. The Kier molecular flexibility index (Phi) is 6.06. The summed E-state index contributed by atoms with van der Waals surface area (Å²) >= 11 is 0. The molecule has 6 heteroatoms. The third-order valence-corrected chi connectivity index (χ3v) is 4.48. The molecule has 142 valence electrons. The van der Waals surface area contributed by atoms with E-state index in [0.29, 0.717) is 36.8 Å². The average Bonchev–Trinajstić information content (AvgIpc) is 2.70. The molecule has 0 unspecified atom stereocenters. The minimum absolute atomic E-state index is 0.114. The van der Waals surface area contributed by atoms with Crippen LogP contribution in [0.5, 0.6) is 11.5 Å². The Balaban J connectivity index is 1.63. The SMILES string of the molecule is CCOC(=O)[C@@H]1CCCN(C(=O)c2ccc(Oc3ccc(F)cc3)cc2)C1. The lowest BCUT2D eigenvalue weighted by atomic mass is 9.97. The summed E-state index contributed by atoms with van der Waals surface area (Å²) in [5.74, 6) is 0.134. The number of hydrogen-bond acceptors (Lipinski definition) is 4. The fraction of sp³-hybridized carbons (Fsp3) is 0.333. The monoisotopic (exact) mass is 371 g/mol. The number of hydrogen-bond donors (Lipinski definition) is 0. The van der Waals surface area contributed by atoms with Gasteiger partial charge in [0.15, 0.2) is 0 Å². The van der Waals surface area contributed by atoms with Gasteiger partial charge in [-0.05, 0) is 68.3 Å². The Hall–Kier alpha value is -2.89. The summed E-state index contributed by atoms with van der Waals surface area (Å²) in [7, 11) is 0. The molecule has 0 aliphatic carbocycles. The lowest BCUT2D eigenvalue weighted by molar-refractivity contribution is -0.149. The Morgan fingerprint density at radius 3 is 2.33 bits per heavy atom. The molecule has 1 fully saturated rings. The first-order valence-electron chi connectivity index (χ1n) is 9.06. The molecule has 0 radical (unpaired) electrons. The van der Waals surface area contributed by atoms with Crippen LogP contribution in [0.4, 0.5) is 4.39 Å². The molecule has 0 saturated carbocycles. The number of benzene rings is 2. The second kappa shape index (κ2) is 8.66. The number of likely N-dealkylation sites (tertiary alicyclic amines) is 1. The molecule has 0 aromatic heterocycles. The number of rotatable bonds is 5. The molecule has 1 heterocycles. The van der Waals surface area contributed by atoms with Crippen molar-refractivity contribution >= 4 is 11.9 Å². The predicted octanol–water partition coefficient (Wildman–Crippen LogP) is 4.03. The van der Waals surface area contributed by atoms with Gasteiger partial charge in [0.2, 0.25) is 0 Å². The zero-order chi connectivity index (χ0) is 19.2. The maximum absolute atomic E-state index is 12.9. The van der Waals surface area contributed by atoms with Crippen LogP contribution in [0.1, 0.15) is 30.1 Å². The molecule has 0 bridgehead atoms. The number of carbonyl (C=O) groups is 2. The summed E-state index contributed by atoms with van der Waals surface area (Å²) in [6.45, 7) is 3.13. The van der Waals surface area contributed by atoms with Gasteiger partial charge >= 0.3 is 5.97 Å². The topological polar surface area (TPSA) is 55.8 Å². The normalized spacial score (nSPS) is 16.7. The van der Waals surface area contributed by atoms with Crippen LogP contribution in [0.3, 0.4) is 0 Å². The van der Waals surface area contributed by atoms with E-state index in [2.05, 4.69) is 0 Å². The van der Waals surface area contributed by atoms with Crippen molar-refractivity contribution < 1.29 is 23.5 Å². The van der Waals surface area contributed by atoms with Gasteiger partial charge in [-0.1, -0.05) is 0 Å². The van der Waals surface area contributed by atoms with Crippen LogP contribution < -0.4 is 4.74 Å². The number of carbonyl (C=O) groups excluding carboxylic acids is 2. The molecule has 2 aromatic rings. The van der Waals surface area contributed by atoms with E-state index in [1.165, 1.54) is 24.3 Å². The van der Waals surface area contributed by atoms with Gasteiger partial charge in [0.1, 0.15) is 17.3 Å². The highest BCUT2D eigenvalue weighted by atomic mass is 19.1. The highest BCUT2D eigenvalue weighted by Crippen LogP contribution is 2.24. The summed E-state index contributed by atoms with van der Waals surface area (Å²) in [6, 6.07) is 12.5. The predicted molar refractivity (Wildman–Crippen MR) is 98.2 cm³/mol. The summed E-state index contributed by atoms with van der Waals surface area (Å²) < 4.78 is 23.7. The van der Waals surface area contributed by atoms with Crippen molar-refractivity contribution in [3.63, 3.8) is 0 Å². The van der Waals surface area contributed by atoms with E-state index in [0.717, 1.165) is 12.8 Å². The molecule has 27 heavy (non-hydrogen) atoms. The van der Waals surface area contributed by atoms with Gasteiger partial charge in [0.05, 0.1) is 12.5 Å². The van der Waals surface area contributed by atoms with Crippen LogP contribution >= 0.6 is 0 Å². The van der Waals surface area contributed by atoms with Crippen LogP contribution in [-0.2, 0) is 9.53 Å². The fourth-order valence-corrected chi connectivity index (χ4v) is 3.10. The summed E-state index contributed by atoms with van der Waals surface area (Å²) in [5, 5.41) is 0. The van der Waals surface area contributed by atoms with Crippen LogP contribution in [0, 0.1) is 11.7 Å². The molecule has 1 amide bonds. The van der Waals surface area contributed by atoms with Gasteiger partial charge in [-0.15, -0.1) is 0 Å². The highest BCUT2D eigenvalue weighted by Gasteiger charge is 2.29. The Morgan fingerprint density at radius 2 is 1.70 bits per heavy atom. The summed E-state index contributed by atoms with van der Waals surface area (Å²) in [5.41, 5.74) is 0.533. The van der Waals surface area contributed by atoms with Crippen molar-refractivity contribution in [3.05, 3.63) is 59.9 Å². The van der Waals surface area contributed by atoms with Crippen molar-refractivity contribution in [2.24, 2.45) is 5.92 Å². The first kappa shape index (κ1) is 18.9. The molecule has 0 spiro atoms. The lowest BCUT2D eigenvalue weighted by Gasteiger charge is -2.31.